The van der Waals surface area contributed by atoms with Gasteiger partial charge in [0.2, 0.25) is 0 Å². The number of nitrogens with zero attached hydrogens (tertiary/aromatic N) is 1. The first-order valence-corrected chi connectivity index (χ1v) is 5.65. The highest BCUT2D eigenvalue weighted by atomic mass is 16.5. The molecular weight excluding hydrogens is 178 g/mol. The van der Waals surface area contributed by atoms with E-state index in [9.17, 15) is 4.79 Å². The van der Waals surface area contributed by atoms with E-state index in [1.54, 1.807) is 0 Å². The first-order chi connectivity index (χ1) is 6.79. The van der Waals surface area contributed by atoms with Gasteiger partial charge in [-0.25, -0.2) is 0 Å². The first-order valence-electron chi connectivity index (χ1n) is 5.65. The first kappa shape index (κ1) is 13.4. The smallest absolute Gasteiger partial charge is 0.302 e. The number of likely N-dealkylation sites (tertiary alicyclic amines) is 1. The van der Waals surface area contributed by atoms with Gasteiger partial charge in [-0.2, -0.15) is 0 Å². The second-order valence-corrected chi connectivity index (χ2v) is 3.24. The Balaban J connectivity index is 0.000000791. The fourth-order valence-corrected chi connectivity index (χ4v) is 1.50. The predicted octanol–water partition coefficient (Wildman–Crippen LogP) is 2.06. The Morgan fingerprint density at radius 3 is 2.29 bits per heavy atom. The average Bonchev–Trinajstić information content (AvgIpc) is 2.22. The van der Waals surface area contributed by atoms with Crippen LogP contribution in [0.5, 0.6) is 0 Å². The number of hydrogen-bond acceptors (Lipinski definition) is 3. The van der Waals surface area contributed by atoms with Crippen molar-refractivity contribution in [3.8, 4) is 0 Å². The van der Waals surface area contributed by atoms with Crippen LogP contribution < -0.4 is 0 Å². The van der Waals surface area contributed by atoms with Crippen LogP contribution in [-0.4, -0.2) is 37.1 Å². The summed E-state index contributed by atoms with van der Waals surface area (Å²) >= 11 is 0. The summed E-state index contributed by atoms with van der Waals surface area (Å²) in [5.74, 6) is -0.174. The van der Waals surface area contributed by atoms with Crippen LogP contribution in [0.2, 0.25) is 0 Å². The molecule has 1 heterocycles. The molecule has 1 aliphatic heterocycles. The maximum atomic E-state index is 10.4. The highest BCUT2D eigenvalue weighted by Gasteiger charge is 2.09. The minimum absolute atomic E-state index is 0.174. The van der Waals surface area contributed by atoms with Crippen molar-refractivity contribution in [2.24, 2.45) is 0 Å². The Morgan fingerprint density at radius 2 is 1.79 bits per heavy atom. The lowest BCUT2D eigenvalue weighted by atomic mass is 10.1. The zero-order valence-corrected chi connectivity index (χ0v) is 9.71. The van der Waals surface area contributed by atoms with Crippen LogP contribution in [0.25, 0.3) is 0 Å². The number of hydrogen-bond donors (Lipinski definition) is 0. The van der Waals surface area contributed by atoms with Gasteiger partial charge in [0.25, 0.3) is 0 Å². The average molecular weight is 201 g/mol. The number of carbonyl (C=O) groups excluding carboxylic acids is 1. The van der Waals surface area contributed by atoms with Crippen molar-refractivity contribution in [3.05, 3.63) is 0 Å². The zero-order chi connectivity index (χ0) is 10.8. The van der Waals surface area contributed by atoms with E-state index in [2.05, 4.69) is 4.90 Å². The fourth-order valence-electron chi connectivity index (χ4n) is 1.50. The quantitative estimate of drug-likeness (QED) is 0.655. The molecule has 0 spiro atoms. The number of ether oxygens (including phenoxy) is 1. The molecule has 0 unspecified atom stereocenters. The van der Waals surface area contributed by atoms with Gasteiger partial charge in [-0.3, -0.25) is 9.69 Å². The molecule has 0 atom stereocenters. The lowest BCUT2D eigenvalue weighted by Gasteiger charge is -2.25. The molecule has 3 nitrogen and oxygen atoms in total. The summed E-state index contributed by atoms with van der Waals surface area (Å²) < 4.78 is 4.86. The number of piperidine rings is 1. The van der Waals surface area contributed by atoms with E-state index in [1.165, 1.54) is 39.3 Å². The third-order valence-electron chi connectivity index (χ3n) is 2.16. The molecule has 1 saturated heterocycles. The molecule has 3 heteroatoms. The highest BCUT2D eigenvalue weighted by molar-refractivity contribution is 5.65. The molecule has 0 saturated carbocycles. The maximum absolute atomic E-state index is 10.4. The number of esters is 1. The number of rotatable bonds is 3. The third-order valence-corrected chi connectivity index (χ3v) is 2.16. The molecule has 0 bridgehead atoms. The third kappa shape index (κ3) is 6.89. The maximum Gasteiger partial charge on any atom is 0.302 e. The largest absolute Gasteiger partial charge is 0.465 e. The minimum Gasteiger partial charge on any atom is -0.465 e. The lowest BCUT2D eigenvalue weighted by Crippen LogP contribution is -2.32. The molecule has 0 radical (unpaired) electrons. The summed E-state index contributed by atoms with van der Waals surface area (Å²) in [5.41, 5.74) is 0. The molecule has 0 aromatic heterocycles. The molecule has 1 rings (SSSR count). The van der Waals surface area contributed by atoms with Gasteiger partial charge >= 0.3 is 5.97 Å². The summed E-state index contributed by atoms with van der Waals surface area (Å²) in [6.45, 7) is 9.24. The van der Waals surface area contributed by atoms with Gasteiger partial charge in [0.15, 0.2) is 0 Å². The van der Waals surface area contributed by atoms with Gasteiger partial charge in [-0.15, -0.1) is 0 Å². The zero-order valence-electron chi connectivity index (χ0n) is 9.71. The minimum atomic E-state index is -0.174. The van der Waals surface area contributed by atoms with E-state index in [4.69, 9.17) is 4.74 Å². The van der Waals surface area contributed by atoms with E-state index in [1.807, 2.05) is 13.8 Å². The fraction of sp³-hybridized carbons (Fsp3) is 0.909. The van der Waals surface area contributed by atoms with Crippen LogP contribution in [0.15, 0.2) is 0 Å². The van der Waals surface area contributed by atoms with Crippen LogP contribution in [0, 0.1) is 0 Å². The van der Waals surface area contributed by atoms with E-state index in [0.717, 1.165) is 6.54 Å². The van der Waals surface area contributed by atoms with Crippen molar-refractivity contribution in [2.75, 3.05) is 26.2 Å². The van der Waals surface area contributed by atoms with Gasteiger partial charge in [-0.1, -0.05) is 20.3 Å². The summed E-state index contributed by atoms with van der Waals surface area (Å²) in [4.78, 5) is 12.8. The van der Waals surface area contributed by atoms with Crippen LogP contribution in [-0.2, 0) is 9.53 Å². The Morgan fingerprint density at radius 1 is 1.21 bits per heavy atom. The molecule has 0 aliphatic carbocycles. The lowest BCUT2D eigenvalue weighted by molar-refractivity contribution is -0.141. The molecule has 1 aliphatic rings. The predicted molar refractivity (Wildman–Crippen MR) is 58.3 cm³/mol. The highest BCUT2D eigenvalue weighted by Crippen LogP contribution is 2.07. The van der Waals surface area contributed by atoms with Crippen molar-refractivity contribution in [3.63, 3.8) is 0 Å². The summed E-state index contributed by atoms with van der Waals surface area (Å²) in [6, 6.07) is 0. The van der Waals surface area contributed by atoms with Crippen molar-refractivity contribution < 1.29 is 9.53 Å². The Kier molecular flexibility index (Phi) is 8.64. The van der Waals surface area contributed by atoms with E-state index >= 15 is 0 Å². The molecule has 1 fully saturated rings. The Labute approximate surface area is 87.4 Å². The van der Waals surface area contributed by atoms with Crippen LogP contribution in [0.1, 0.15) is 40.0 Å². The standard InChI is InChI=1S/C9H17NO2.C2H6/c1-9(11)12-8-7-10-5-3-2-4-6-10;1-2/h2-8H2,1H3;1-2H3. The number of carbonyl (C=O) groups is 1. The van der Waals surface area contributed by atoms with Crippen molar-refractivity contribution in [1.82, 2.24) is 4.90 Å². The molecule has 0 aromatic carbocycles. The Hall–Kier alpha value is -0.570. The monoisotopic (exact) mass is 201 g/mol. The van der Waals surface area contributed by atoms with Crippen molar-refractivity contribution >= 4 is 5.97 Å². The Bertz CT molecular complexity index is 142. The van der Waals surface area contributed by atoms with Gasteiger partial charge in [0.05, 0.1) is 0 Å². The molecule has 14 heavy (non-hydrogen) atoms. The van der Waals surface area contributed by atoms with Crippen LogP contribution in [0.3, 0.4) is 0 Å². The van der Waals surface area contributed by atoms with Crippen LogP contribution in [0.4, 0.5) is 0 Å². The molecule has 0 aromatic rings. The van der Waals surface area contributed by atoms with Crippen LogP contribution >= 0.6 is 0 Å². The van der Waals surface area contributed by atoms with Gasteiger partial charge in [-0.05, 0) is 25.9 Å². The second kappa shape index (κ2) is 9.00. The molecule has 0 amide bonds. The van der Waals surface area contributed by atoms with Gasteiger partial charge < -0.3 is 4.74 Å². The van der Waals surface area contributed by atoms with Crippen molar-refractivity contribution in [1.29, 1.82) is 0 Å². The topological polar surface area (TPSA) is 29.5 Å². The van der Waals surface area contributed by atoms with Gasteiger partial charge in [0, 0.05) is 13.5 Å². The SMILES string of the molecule is CC.CC(=O)OCCN1CCCCC1. The summed E-state index contributed by atoms with van der Waals surface area (Å²) in [6.07, 6.45) is 3.93. The van der Waals surface area contributed by atoms with Crippen molar-refractivity contribution in [2.45, 2.75) is 40.0 Å². The van der Waals surface area contributed by atoms with Gasteiger partial charge in [0.1, 0.15) is 6.61 Å². The molecular formula is C11H23NO2. The summed E-state index contributed by atoms with van der Waals surface area (Å²) in [5, 5.41) is 0. The normalized spacial score (nSPS) is 16.8. The second-order valence-electron chi connectivity index (χ2n) is 3.24. The summed E-state index contributed by atoms with van der Waals surface area (Å²) in [7, 11) is 0. The molecule has 84 valence electrons. The van der Waals surface area contributed by atoms with E-state index in [-0.39, 0.29) is 5.97 Å². The van der Waals surface area contributed by atoms with E-state index in [0.29, 0.717) is 6.61 Å². The molecule has 0 N–H and O–H groups in total. The van der Waals surface area contributed by atoms with E-state index < -0.39 is 0 Å².